The quantitative estimate of drug-likeness (QED) is 0.898. The summed E-state index contributed by atoms with van der Waals surface area (Å²) in [5.74, 6) is 1.28. The van der Waals surface area contributed by atoms with E-state index in [2.05, 4.69) is 20.2 Å². The van der Waals surface area contributed by atoms with Crippen LogP contribution in [0.2, 0.25) is 0 Å². The van der Waals surface area contributed by atoms with Gasteiger partial charge in [-0.05, 0) is 25.8 Å². The second kappa shape index (κ2) is 5.40. The van der Waals surface area contributed by atoms with Crippen LogP contribution in [0, 0.1) is 6.92 Å². The largest absolute Gasteiger partial charge is 0.339 e. The highest BCUT2D eigenvalue weighted by atomic mass is 16.2. The summed E-state index contributed by atoms with van der Waals surface area (Å²) in [5.41, 5.74) is 1.72. The van der Waals surface area contributed by atoms with E-state index in [1.807, 2.05) is 17.9 Å². The summed E-state index contributed by atoms with van der Waals surface area (Å²) in [6.45, 7) is 3.43. The van der Waals surface area contributed by atoms with Crippen LogP contribution in [-0.2, 0) is 0 Å². The van der Waals surface area contributed by atoms with Gasteiger partial charge in [0.1, 0.15) is 5.82 Å². The Morgan fingerprint density at radius 1 is 1.40 bits per heavy atom. The smallest absolute Gasteiger partial charge is 0.257 e. The lowest BCUT2D eigenvalue weighted by molar-refractivity contribution is 0.0712. The van der Waals surface area contributed by atoms with Crippen LogP contribution in [-0.4, -0.2) is 44.1 Å². The minimum atomic E-state index is 0.0519. The maximum atomic E-state index is 12.2. The number of aromatic nitrogens is 4. The maximum Gasteiger partial charge on any atom is 0.257 e. The number of likely N-dealkylation sites (tertiary alicyclic amines) is 1. The van der Waals surface area contributed by atoms with Gasteiger partial charge in [0.15, 0.2) is 0 Å². The van der Waals surface area contributed by atoms with Crippen LogP contribution in [0.25, 0.3) is 0 Å². The first-order chi connectivity index (χ1) is 9.74. The minimum Gasteiger partial charge on any atom is -0.339 e. The van der Waals surface area contributed by atoms with Crippen molar-refractivity contribution < 1.29 is 4.79 Å². The molecule has 20 heavy (non-hydrogen) atoms. The number of carbonyl (C=O) groups is 1. The van der Waals surface area contributed by atoms with Gasteiger partial charge >= 0.3 is 0 Å². The second-order valence-corrected chi connectivity index (χ2v) is 5.08. The van der Waals surface area contributed by atoms with Gasteiger partial charge in [0.2, 0.25) is 0 Å². The zero-order valence-corrected chi connectivity index (χ0v) is 11.4. The number of rotatable bonds is 2. The van der Waals surface area contributed by atoms with Gasteiger partial charge in [-0.2, -0.15) is 5.10 Å². The summed E-state index contributed by atoms with van der Waals surface area (Å²) in [7, 11) is 0. The molecule has 104 valence electrons. The Kier molecular flexibility index (Phi) is 3.45. The van der Waals surface area contributed by atoms with Gasteiger partial charge in [-0.25, -0.2) is 9.97 Å². The molecule has 1 amide bonds. The minimum absolute atomic E-state index is 0.0519. The van der Waals surface area contributed by atoms with Crippen LogP contribution in [0.1, 0.15) is 40.6 Å². The van der Waals surface area contributed by atoms with Crippen LogP contribution >= 0.6 is 0 Å². The van der Waals surface area contributed by atoms with E-state index in [4.69, 9.17) is 0 Å². The Bertz CT molecular complexity index is 587. The highest BCUT2D eigenvalue weighted by Crippen LogP contribution is 2.27. The molecule has 1 N–H and O–H groups in total. The molecule has 6 heteroatoms. The van der Waals surface area contributed by atoms with Gasteiger partial charge in [0.25, 0.3) is 5.91 Å². The number of nitrogens with zero attached hydrogens (tertiary/aromatic N) is 4. The third-order valence-corrected chi connectivity index (χ3v) is 3.74. The SMILES string of the molecule is Cc1nccc(C2CCN(C(=O)c3cn[nH]c3)CC2)n1. The van der Waals surface area contributed by atoms with Crippen molar-refractivity contribution in [3.8, 4) is 0 Å². The van der Waals surface area contributed by atoms with Crippen molar-refractivity contribution in [2.24, 2.45) is 0 Å². The normalized spacial score (nSPS) is 16.4. The number of aromatic amines is 1. The lowest BCUT2D eigenvalue weighted by Gasteiger charge is -2.31. The van der Waals surface area contributed by atoms with Gasteiger partial charge in [-0.15, -0.1) is 0 Å². The molecule has 0 spiro atoms. The van der Waals surface area contributed by atoms with Crippen LogP contribution in [0.4, 0.5) is 0 Å². The number of hydrogen-bond acceptors (Lipinski definition) is 4. The monoisotopic (exact) mass is 271 g/mol. The number of amides is 1. The topological polar surface area (TPSA) is 74.8 Å². The molecule has 3 heterocycles. The highest BCUT2D eigenvalue weighted by molar-refractivity contribution is 5.93. The van der Waals surface area contributed by atoms with E-state index in [0.717, 1.165) is 37.4 Å². The standard InChI is InChI=1S/C14H17N5O/c1-10-15-5-2-13(18-10)11-3-6-19(7-4-11)14(20)12-8-16-17-9-12/h2,5,8-9,11H,3-4,6-7H2,1H3,(H,16,17). The molecule has 2 aromatic rings. The van der Waals surface area contributed by atoms with E-state index in [1.54, 1.807) is 18.6 Å². The van der Waals surface area contributed by atoms with E-state index < -0.39 is 0 Å². The number of H-pyrrole nitrogens is 1. The Hall–Kier alpha value is -2.24. The zero-order chi connectivity index (χ0) is 13.9. The van der Waals surface area contributed by atoms with Crippen molar-refractivity contribution in [1.29, 1.82) is 0 Å². The molecular weight excluding hydrogens is 254 g/mol. The Morgan fingerprint density at radius 2 is 2.20 bits per heavy atom. The molecule has 0 radical (unpaired) electrons. The van der Waals surface area contributed by atoms with Crippen molar-refractivity contribution in [2.75, 3.05) is 13.1 Å². The summed E-state index contributed by atoms with van der Waals surface area (Å²) in [6, 6.07) is 1.98. The van der Waals surface area contributed by atoms with E-state index in [-0.39, 0.29) is 5.91 Å². The highest BCUT2D eigenvalue weighted by Gasteiger charge is 2.25. The molecule has 1 saturated heterocycles. The van der Waals surface area contributed by atoms with E-state index >= 15 is 0 Å². The number of aryl methyl sites for hydroxylation is 1. The van der Waals surface area contributed by atoms with E-state index in [0.29, 0.717) is 11.5 Å². The molecule has 1 aliphatic rings. The lowest BCUT2D eigenvalue weighted by atomic mass is 9.93. The molecule has 1 aliphatic heterocycles. The first-order valence-electron chi connectivity index (χ1n) is 6.81. The average molecular weight is 271 g/mol. The third-order valence-electron chi connectivity index (χ3n) is 3.74. The van der Waals surface area contributed by atoms with Crippen molar-refractivity contribution in [1.82, 2.24) is 25.1 Å². The molecule has 2 aromatic heterocycles. The Morgan fingerprint density at radius 3 is 2.85 bits per heavy atom. The maximum absolute atomic E-state index is 12.2. The Labute approximate surface area is 117 Å². The number of hydrogen-bond donors (Lipinski definition) is 1. The number of nitrogens with one attached hydrogen (secondary N) is 1. The molecule has 0 aliphatic carbocycles. The number of piperidine rings is 1. The average Bonchev–Trinajstić information content (AvgIpc) is 3.01. The Balaban J connectivity index is 1.64. The fourth-order valence-corrected chi connectivity index (χ4v) is 2.63. The van der Waals surface area contributed by atoms with Gasteiger partial charge in [-0.3, -0.25) is 9.89 Å². The van der Waals surface area contributed by atoms with Crippen LogP contribution in [0.15, 0.2) is 24.7 Å². The molecule has 1 fully saturated rings. The number of carbonyl (C=O) groups excluding carboxylic acids is 1. The molecule has 3 rings (SSSR count). The predicted octanol–water partition coefficient (Wildman–Crippen LogP) is 1.53. The summed E-state index contributed by atoms with van der Waals surface area (Å²) < 4.78 is 0. The first-order valence-corrected chi connectivity index (χ1v) is 6.81. The zero-order valence-electron chi connectivity index (χ0n) is 11.4. The van der Waals surface area contributed by atoms with Crippen LogP contribution in [0.5, 0.6) is 0 Å². The van der Waals surface area contributed by atoms with E-state index in [9.17, 15) is 4.79 Å². The van der Waals surface area contributed by atoms with Crippen molar-refractivity contribution >= 4 is 5.91 Å². The second-order valence-electron chi connectivity index (χ2n) is 5.08. The molecule has 0 aromatic carbocycles. The lowest BCUT2D eigenvalue weighted by Crippen LogP contribution is -2.37. The summed E-state index contributed by atoms with van der Waals surface area (Å²) in [6.07, 6.45) is 6.91. The molecule has 6 nitrogen and oxygen atoms in total. The van der Waals surface area contributed by atoms with Crippen molar-refractivity contribution in [3.63, 3.8) is 0 Å². The predicted molar refractivity (Wildman–Crippen MR) is 73.2 cm³/mol. The first kappa shape index (κ1) is 12.8. The summed E-state index contributed by atoms with van der Waals surface area (Å²) >= 11 is 0. The molecule has 0 unspecified atom stereocenters. The van der Waals surface area contributed by atoms with E-state index in [1.165, 1.54) is 0 Å². The van der Waals surface area contributed by atoms with Gasteiger partial charge in [-0.1, -0.05) is 0 Å². The van der Waals surface area contributed by atoms with Gasteiger partial charge in [0, 0.05) is 37.1 Å². The molecule has 0 bridgehead atoms. The fraction of sp³-hybridized carbons (Fsp3) is 0.429. The van der Waals surface area contributed by atoms with Crippen LogP contribution in [0.3, 0.4) is 0 Å². The fourth-order valence-electron chi connectivity index (χ4n) is 2.63. The third kappa shape index (κ3) is 2.54. The summed E-state index contributed by atoms with van der Waals surface area (Å²) in [4.78, 5) is 22.7. The molecule has 0 saturated carbocycles. The molecular formula is C14H17N5O. The van der Waals surface area contributed by atoms with Gasteiger partial charge < -0.3 is 4.90 Å². The van der Waals surface area contributed by atoms with Gasteiger partial charge in [0.05, 0.1) is 11.8 Å². The van der Waals surface area contributed by atoms with Crippen LogP contribution < -0.4 is 0 Å². The van der Waals surface area contributed by atoms with Crippen molar-refractivity contribution in [3.05, 3.63) is 41.7 Å². The molecule has 0 atom stereocenters. The summed E-state index contributed by atoms with van der Waals surface area (Å²) in [5, 5.41) is 6.50. The van der Waals surface area contributed by atoms with Crippen molar-refractivity contribution in [2.45, 2.75) is 25.7 Å².